The van der Waals surface area contributed by atoms with Gasteiger partial charge in [-0.05, 0) is 37.5 Å². The molecule has 2 aromatic heterocycles. The number of pyridine rings is 1. The highest BCUT2D eigenvalue weighted by atomic mass is 35.7. The molecule has 0 spiro atoms. The molecule has 8 heteroatoms. The van der Waals surface area contributed by atoms with E-state index in [0.29, 0.717) is 11.5 Å². The largest absolute Gasteiger partial charge is 0.266 e. The minimum Gasteiger partial charge on any atom is -0.237 e. The van der Waals surface area contributed by atoms with Gasteiger partial charge in [0.05, 0.1) is 5.69 Å². The Hall–Kier alpha value is -1.11. The molecule has 5 nitrogen and oxygen atoms in total. The van der Waals surface area contributed by atoms with E-state index in [0.717, 1.165) is 18.4 Å². The molecule has 0 bridgehead atoms. The van der Waals surface area contributed by atoms with Gasteiger partial charge in [0.25, 0.3) is 9.05 Å². The molecule has 1 aliphatic rings. The molecule has 106 valence electrons. The van der Waals surface area contributed by atoms with Gasteiger partial charge in [-0.2, -0.15) is 5.10 Å². The standard InChI is InChI=1S/C12H11Cl2N3O2S/c1-7-4-5-15-9(6-7)17-12(13)11(20(14,18)19)10(16-17)8-2-3-8/h4-6,8H,2-3H2,1H3. The zero-order chi connectivity index (χ0) is 14.5. The molecule has 0 amide bonds. The molecule has 0 aliphatic heterocycles. The molecular weight excluding hydrogens is 321 g/mol. The van der Waals surface area contributed by atoms with E-state index in [1.165, 1.54) is 4.68 Å². The molecule has 0 aromatic carbocycles. The predicted molar refractivity (Wildman–Crippen MR) is 76.1 cm³/mol. The fourth-order valence-electron chi connectivity index (χ4n) is 2.04. The van der Waals surface area contributed by atoms with Crippen LogP contribution in [0.15, 0.2) is 23.2 Å². The number of hydrogen-bond donors (Lipinski definition) is 0. The minimum absolute atomic E-state index is 0.0139. The van der Waals surface area contributed by atoms with Gasteiger partial charge in [-0.3, -0.25) is 0 Å². The molecule has 0 atom stereocenters. The van der Waals surface area contributed by atoms with E-state index >= 15 is 0 Å². The third kappa shape index (κ3) is 2.43. The average Bonchev–Trinajstić information content (AvgIpc) is 3.11. The van der Waals surface area contributed by atoms with Crippen molar-refractivity contribution in [1.82, 2.24) is 14.8 Å². The maximum Gasteiger partial charge on any atom is 0.266 e. The highest BCUT2D eigenvalue weighted by Crippen LogP contribution is 2.45. The Kier molecular flexibility index (Phi) is 3.27. The summed E-state index contributed by atoms with van der Waals surface area (Å²) in [7, 11) is 1.55. The van der Waals surface area contributed by atoms with E-state index in [-0.39, 0.29) is 16.0 Å². The van der Waals surface area contributed by atoms with Crippen LogP contribution < -0.4 is 0 Å². The fourth-order valence-corrected chi connectivity index (χ4v) is 3.88. The van der Waals surface area contributed by atoms with E-state index in [4.69, 9.17) is 22.3 Å². The Morgan fingerprint density at radius 1 is 1.40 bits per heavy atom. The van der Waals surface area contributed by atoms with Crippen molar-refractivity contribution in [2.75, 3.05) is 0 Å². The van der Waals surface area contributed by atoms with Gasteiger partial charge in [-0.15, -0.1) is 0 Å². The van der Waals surface area contributed by atoms with Gasteiger partial charge in [0.1, 0.15) is 4.90 Å². The van der Waals surface area contributed by atoms with Gasteiger partial charge in [0.2, 0.25) is 0 Å². The monoisotopic (exact) mass is 331 g/mol. The number of aryl methyl sites for hydroxylation is 1. The number of rotatable bonds is 3. The highest BCUT2D eigenvalue weighted by Gasteiger charge is 2.36. The summed E-state index contributed by atoms with van der Waals surface area (Å²) < 4.78 is 24.8. The van der Waals surface area contributed by atoms with Crippen LogP contribution in [0.5, 0.6) is 0 Å². The quantitative estimate of drug-likeness (QED) is 0.811. The fraction of sp³-hybridized carbons (Fsp3) is 0.333. The summed E-state index contributed by atoms with van der Waals surface area (Å²) in [5, 5.41) is 4.29. The number of aromatic nitrogens is 3. The molecule has 1 aliphatic carbocycles. The molecule has 0 saturated heterocycles. The van der Waals surface area contributed by atoms with Crippen LogP contribution in [-0.2, 0) is 9.05 Å². The first-order chi connectivity index (χ1) is 9.38. The summed E-state index contributed by atoms with van der Waals surface area (Å²) in [5.41, 5.74) is 1.41. The lowest BCUT2D eigenvalue weighted by molar-refractivity contribution is 0.608. The van der Waals surface area contributed by atoms with Gasteiger partial charge in [-0.1, -0.05) is 11.6 Å². The predicted octanol–water partition coefficient (Wildman–Crippen LogP) is 3.03. The van der Waals surface area contributed by atoms with Crippen molar-refractivity contribution >= 4 is 31.3 Å². The molecule has 2 aromatic rings. The Morgan fingerprint density at radius 3 is 2.65 bits per heavy atom. The normalized spacial score (nSPS) is 15.6. The zero-order valence-corrected chi connectivity index (χ0v) is 12.9. The molecular formula is C12H11Cl2N3O2S. The summed E-state index contributed by atoms with van der Waals surface area (Å²) in [6.45, 7) is 1.91. The van der Waals surface area contributed by atoms with Crippen LogP contribution in [0.25, 0.3) is 5.82 Å². The molecule has 20 heavy (non-hydrogen) atoms. The number of halogens is 2. The second-order valence-electron chi connectivity index (χ2n) is 4.82. The van der Waals surface area contributed by atoms with Crippen molar-refractivity contribution in [2.45, 2.75) is 30.6 Å². The maximum absolute atomic E-state index is 11.7. The van der Waals surface area contributed by atoms with Crippen molar-refractivity contribution < 1.29 is 8.42 Å². The van der Waals surface area contributed by atoms with Gasteiger partial charge >= 0.3 is 0 Å². The van der Waals surface area contributed by atoms with Crippen molar-refractivity contribution in [2.24, 2.45) is 0 Å². The summed E-state index contributed by atoms with van der Waals surface area (Å²) in [6, 6.07) is 3.61. The summed E-state index contributed by atoms with van der Waals surface area (Å²) in [5.74, 6) is 0.588. The first kappa shape index (κ1) is 13.9. The maximum atomic E-state index is 11.7. The Balaban J connectivity index is 2.23. The van der Waals surface area contributed by atoms with Crippen molar-refractivity contribution in [3.05, 3.63) is 34.7 Å². The van der Waals surface area contributed by atoms with Crippen molar-refractivity contribution in [3.8, 4) is 5.82 Å². The minimum atomic E-state index is -3.94. The Bertz CT molecular complexity index is 782. The highest BCUT2D eigenvalue weighted by molar-refractivity contribution is 8.13. The van der Waals surface area contributed by atoms with E-state index < -0.39 is 9.05 Å². The van der Waals surface area contributed by atoms with Crippen LogP contribution in [-0.4, -0.2) is 23.2 Å². The number of nitrogens with zero attached hydrogens (tertiary/aromatic N) is 3. The third-order valence-electron chi connectivity index (χ3n) is 3.14. The third-order valence-corrected chi connectivity index (χ3v) is 4.95. The van der Waals surface area contributed by atoms with E-state index in [2.05, 4.69) is 10.1 Å². The van der Waals surface area contributed by atoms with Gasteiger partial charge in [0.15, 0.2) is 11.0 Å². The topological polar surface area (TPSA) is 64.8 Å². The lowest BCUT2D eigenvalue weighted by Gasteiger charge is -2.02. The molecule has 0 radical (unpaired) electrons. The van der Waals surface area contributed by atoms with E-state index in [9.17, 15) is 8.42 Å². The second kappa shape index (κ2) is 4.72. The average molecular weight is 332 g/mol. The van der Waals surface area contributed by atoms with Gasteiger partial charge < -0.3 is 0 Å². The first-order valence-corrected chi connectivity index (χ1v) is 8.73. The van der Waals surface area contributed by atoms with Gasteiger partial charge in [0, 0.05) is 22.8 Å². The van der Waals surface area contributed by atoms with Gasteiger partial charge in [-0.25, -0.2) is 18.1 Å². The smallest absolute Gasteiger partial charge is 0.237 e. The molecule has 3 rings (SSSR count). The van der Waals surface area contributed by atoms with Crippen LogP contribution in [0.4, 0.5) is 0 Å². The van der Waals surface area contributed by atoms with Crippen LogP contribution in [0.1, 0.15) is 30.0 Å². The molecule has 2 heterocycles. The lowest BCUT2D eigenvalue weighted by Crippen LogP contribution is -2.00. The van der Waals surface area contributed by atoms with Crippen LogP contribution in [0.3, 0.4) is 0 Å². The van der Waals surface area contributed by atoms with Crippen molar-refractivity contribution in [3.63, 3.8) is 0 Å². The number of hydrogen-bond acceptors (Lipinski definition) is 4. The second-order valence-corrected chi connectivity index (χ2v) is 7.68. The Labute approximate surface area is 126 Å². The molecule has 0 N–H and O–H groups in total. The molecule has 0 unspecified atom stereocenters. The van der Waals surface area contributed by atoms with Crippen LogP contribution in [0.2, 0.25) is 5.15 Å². The summed E-state index contributed by atoms with van der Waals surface area (Å²) in [4.78, 5) is 4.07. The zero-order valence-electron chi connectivity index (χ0n) is 10.5. The lowest BCUT2D eigenvalue weighted by atomic mass is 10.3. The van der Waals surface area contributed by atoms with Crippen molar-refractivity contribution in [1.29, 1.82) is 0 Å². The summed E-state index contributed by atoms with van der Waals surface area (Å²) >= 11 is 6.17. The van der Waals surface area contributed by atoms with Crippen LogP contribution >= 0.6 is 22.3 Å². The van der Waals surface area contributed by atoms with Crippen LogP contribution in [0, 0.1) is 6.92 Å². The van der Waals surface area contributed by atoms with E-state index in [1.54, 1.807) is 12.3 Å². The van der Waals surface area contributed by atoms with E-state index in [1.807, 2.05) is 13.0 Å². The molecule has 1 fully saturated rings. The Morgan fingerprint density at radius 2 is 2.10 bits per heavy atom. The summed E-state index contributed by atoms with van der Waals surface area (Å²) in [6.07, 6.45) is 3.41. The first-order valence-electron chi connectivity index (χ1n) is 6.04. The molecule has 1 saturated carbocycles. The SMILES string of the molecule is Cc1ccnc(-n2nc(C3CC3)c(S(=O)(=O)Cl)c2Cl)c1.